The minimum absolute atomic E-state index is 0.0248. The molecule has 0 aliphatic rings. The van der Waals surface area contributed by atoms with Gasteiger partial charge in [0.15, 0.2) is 0 Å². The molecule has 0 bridgehead atoms. The van der Waals surface area contributed by atoms with Gasteiger partial charge >= 0.3 is 6.03 Å². The molecule has 5 nitrogen and oxygen atoms in total. The van der Waals surface area contributed by atoms with Crippen LogP contribution in [0.2, 0.25) is 0 Å². The number of rotatable bonds is 6. The number of hydrogen-bond acceptors (Lipinski definition) is 3. The lowest BCUT2D eigenvalue weighted by atomic mass is 10.2. The minimum Gasteiger partial charge on any atom is -0.333 e. The first-order valence-corrected chi connectivity index (χ1v) is 6.34. The molecule has 104 valence electrons. The Morgan fingerprint density at radius 3 is 2.37 bits per heavy atom. The lowest BCUT2D eigenvalue weighted by Crippen LogP contribution is -2.50. The number of hydrogen-bond donors (Lipinski definition) is 1. The Balaban J connectivity index is 2.52. The second-order valence-electron chi connectivity index (χ2n) is 4.38. The van der Waals surface area contributed by atoms with Gasteiger partial charge in [-0.05, 0) is 19.4 Å². The third-order valence-corrected chi connectivity index (χ3v) is 2.68. The van der Waals surface area contributed by atoms with Crippen LogP contribution in [-0.4, -0.2) is 42.0 Å². The first kappa shape index (κ1) is 15.2. The van der Waals surface area contributed by atoms with Gasteiger partial charge in [-0.1, -0.05) is 30.3 Å². The van der Waals surface area contributed by atoms with Crippen LogP contribution < -0.4 is 5.32 Å². The van der Waals surface area contributed by atoms with E-state index in [2.05, 4.69) is 5.32 Å². The molecule has 0 unspecified atom stereocenters. The summed E-state index contributed by atoms with van der Waals surface area (Å²) < 4.78 is 0. The van der Waals surface area contributed by atoms with Crippen LogP contribution in [0.25, 0.3) is 0 Å². The van der Waals surface area contributed by atoms with E-state index in [1.165, 1.54) is 11.9 Å². The number of carbonyl (C=O) groups is 2. The molecule has 0 fully saturated rings. The molecule has 19 heavy (non-hydrogen) atoms. The molecule has 0 saturated carbocycles. The number of nitrogens with zero attached hydrogens (tertiary/aromatic N) is 2. The Labute approximate surface area is 114 Å². The van der Waals surface area contributed by atoms with Gasteiger partial charge in [-0.2, -0.15) is 0 Å². The SMILES string of the molecule is CCN(C(=O)NCc1ccccc1)N(C)CC(C)=O. The van der Waals surface area contributed by atoms with Crippen molar-refractivity contribution in [3.8, 4) is 0 Å². The minimum atomic E-state index is -0.199. The van der Waals surface area contributed by atoms with Gasteiger partial charge in [0.2, 0.25) is 0 Å². The van der Waals surface area contributed by atoms with Crippen molar-refractivity contribution in [2.24, 2.45) is 0 Å². The van der Waals surface area contributed by atoms with Gasteiger partial charge in [0.25, 0.3) is 0 Å². The Morgan fingerprint density at radius 1 is 1.21 bits per heavy atom. The molecular formula is C14H21N3O2. The molecule has 1 N–H and O–H groups in total. The Kier molecular flexibility index (Phi) is 6.02. The highest BCUT2D eigenvalue weighted by molar-refractivity contribution is 5.78. The molecule has 0 radical (unpaired) electrons. The van der Waals surface area contributed by atoms with Crippen molar-refractivity contribution >= 4 is 11.8 Å². The smallest absolute Gasteiger partial charge is 0.332 e. The summed E-state index contributed by atoms with van der Waals surface area (Å²) in [6.45, 7) is 4.60. The normalized spacial score (nSPS) is 10.3. The van der Waals surface area contributed by atoms with Crippen LogP contribution in [-0.2, 0) is 11.3 Å². The van der Waals surface area contributed by atoms with Gasteiger partial charge in [0.1, 0.15) is 5.78 Å². The van der Waals surface area contributed by atoms with Crippen LogP contribution >= 0.6 is 0 Å². The Hall–Kier alpha value is -1.88. The lowest BCUT2D eigenvalue weighted by molar-refractivity contribution is -0.120. The first-order valence-electron chi connectivity index (χ1n) is 6.34. The number of amides is 2. The topological polar surface area (TPSA) is 52.7 Å². The number of urea groups is 1. The molecule has 1 aromatic carbocycles. The highest BCUT2D eigenvalue weighted by Crippen LogP contribution is 2.00. The number of likely N-dealkylation sites (N-methyl/N-ethyl adjacent to an activating group) is 1. The molecular weight excluding hydrogens is 242 g/mol. The quantitative estimate of drug-likeness (QED) is 0.794. The van der Waals surface area contributed by atoms with Crippen molar-refractivity contribution in [3.05, 3.63) is 35.9 Å². The zero-order valence-corrected chi connectivity index (χ0v) is 11.7. The molecule has 2 amide bonds. The summed E-state index contributed by atoms with van der Waals surface area (Å²) in [5, 5.41) is 5.98. The molecule has 0 aliphatic carbocycles. The number of nitrogens with one attached hydrogen (secondary N) is 1. The fourth-order valence-corrected chi connectivity index (χ4v) is 1.81. The molecule has 5 heteroatoms. The van der Waals surface area contributed by atoms with Gasteiger partial charge in [-0.25, -0.2) is 9.80 Å². The largest absolute Gasteiger partial charge is 0.333 e. The van der Waals surface area contributed by atoms with E-state index in [1.54, 1.807) is 12.1 Å². The summed E-state index contributed by atoms with van der Waals surface area (Å²) in [5.41, 5.74) is 1.04. The van der Waals surface area contributed by atoms with Crippen molar-refractivity contribution < 1.29 is 9.59 Å². The van der Waals surface area contributed by atoms with Gasteiger partial charge < -0.3 is 5.32 Å². The fraction of sp³-hybridized carbons (Fsp3) is 0.429. The van der Waals surface area contributed by atoms with Gasteiger partial charge in [-0.15, -0.1) is 0 Å². The van der Waals surface area contributed by atoms with Gasteiger partial charge in [0, 0.05) is 20.1 Å². The van der Waals surface area contributed by atoms with Crippen molar-refractivity contribution in [2.45, 2.75) is 20.4 Å². The molecule has 0 spiro atoms. The monoisotopic (exact) mass is 263 g/mol. The average molecular weight is 263 g/mol. The van der Waals surface area contributed by atoms with Crippen LogP contribution in [0, 0.1) is 0 Å². The van der Waals surface area contributed by atoms with E-state index in [9.17, 15) is 9.59 Å². The van der Waals surface area contributed by atoms with Gasteiger partial charge in [-0.3, -0.25) is 9.80 Å². The Bertz CT molecular complexity index is 420. The van der Waals surface area contributed by atoms with Crippen molar-refractivity contribution in [3.63, 3.8) is 0 Å². The zero-order chi connectivity index (χ0) is 14.3. The van der Waals surface area contributed by atoms with Crippen LogP contribution in [0.5, 0.6) is 0 Å². The first-order chi connectivity index (χ1) is 9.04. The predicted octanol–water partition coefficient (Wildman–Crippen LogP) is 1.65. The number of hydrazine groups is 1. The van der Waals surface area contributed by atoms with E-state index in [0.29, 0.717) is 13.1 Å². The molecule has 0 aromatic heterocycles. The molecule has 1 aromatic rings. The van der Waals surface area contributed by atoms with E-state index in [-0.39, 0.29) is 18.4 Å². The maximum atomic E-state index is 12.0. The molecule has 0 saturated heterocycles. The van der Waals surface area contributed by atoms with Gasteiger partial charge in [0.05, 0.1) is 6.54 Å². The Morgan fingerprint density at radius 2 is 1.84 bits per heavy atom. The molecule has 1 rings (SSSR count). The second kappa shape index (κ2) is 7.53. The standard InChI is InChI=1S/C14H21N3O2/c1-4-17(16(3)11-12(2)18)14(19)15-10-13-8-6-5-7-9-13/h5-9H,4,10-11H2,1-3H3,(H,15,19). The number of carbonyl (C=O) groups excluding carboxylic acids is 2. The molecule has 0 aliphatic heterocycles. The third-order valence-electron chi connectivity index (χ3n) is 2.68. The average Bonchev–Trinajstić information content (AvgIpc) is 2.37. The summed E-state index contributed by atoms with van der Waals surface area (Å²) in [6, 6.07) is 9.51. The second-order valence-corrected chi connectivity index (χ2v) is 4.38. The predicted molar refractivity (Wildman–Crippen MR) is 74.4 cm³/mol. The number of benzene rings is 1. The molecule has 0 atom stereocenters. The van der Waals surface area contributed by atoms with E-state index < -0.39 is 0 Å². The zero-order valence-electron chi connectivity index (χ0n) is 11.7. The molecule has 0 heterocycles. The summed E-state index contributed by atoms with van der Waals surface area (Å²) in [5.74, 6) is 0.0248. The van der Waals surface area contributed by atoms with Crippen molar-refractivity contribution in [1.82, 2.24) is 15.3 Å². The summed E-state index contributed by atoms with van der Waals surface area (Å²) >= 11 is 0. The van der Waals surface area contributed by atoms with Crippen molar-refractivity contribution in [1.29, 1.82) is 0 Å². The highest BCUT2D eigenvalue weighted by Gasteiger charge is 2.17. The van der Waals surface area contributed by atoms with Crippen LogP contribution in [0.3, 0.4) is 0 Å². The lowest BCUT2D eigenvalue weighted by Gasteiger charge is -2.30. The van der Waals surface area contributed by atoms with E-state index in [4.69, 9.17) is 0 Å². The fourth-order valence-electron chi connectivity index (χ4n) is 1.81. The van der Waals surface area contributed by atoms with Crippen LogP contribution in [0.4, 0.5) is 4.79 Å². The van der Waals surface area contributed by atoms with E-state index in [1.807, 2.05) is 37.3 Å². The summed E-state index contributed by atoms with van der Waals surface area (Å²) in [6.07, 6.45) is 0. The highest BCUT2D eigenvalue weighted by atomic mass is 16.2. The van der Waals surface area contributed by atoms with E-state index in [0.717, 1.165) is 5.56 Å². The van der Waals surface area contributed by atoms with Crippen molar-refractivity contribution in [2.75, 3.05) is 20.1 Å². The summed E-state index contributed by atoms with van der Waals surface area (Å²) in [4.78, 5) is 23.1. The van der Waals surface area contributed by atoms with Crippen LogP contribution in [0.1, 0.15) is 19.4 Å². The maximum Gasteiger partial charge on any atom is 0.332 e. The number of ketones is 1. The number of Topliss-reactive ketones (excluding diaryl/α,β-unsaturated/α-hetero) is 1. The summed E-state index contributed by atoms with van der Waals surface area (Å²) in [7, 11) is 1.73. The van der Waals surface area contributed by atoms with Crippen LogP contribution in [0.15, 0.2) is 30.3 Å². The maximum absolute atomic E-state index is 12.0. The van der Waals surface area contributed by atoms with E-state index >= 15 is 0 Å². The third kappa shape index (κ3) is 5.09.